The number of nitrogens with zero attached hydrogens (tertiary/aromatic N) is 2. The first kappa shape index (κ1) is 34.6. The van der Waals surface area contributed by atoms with Crippen molar-refractivity contribution in [3.05, 3.63) is 125 Å². The first-order valence-corrected chi connectivity index (χ1v) is 20.5. The van der Waals surface area contributed by atoms with E-state index in [1.165, 1.54) is 0 Å². The number of ether oxygens (including phenoxy) is 1. The van der Waals surface area contributed by atoms with Gasteiger partial charge in [-0.3, -0.25) is 14.4 Å². The highest BCUT2D eigenvalue weighted by atomic mass is 28.4. The number of nitrogens with two attached hydrogens (primary N) is 1. The minimum absolute atomic E-state index is 0.0163. The number of hydrogen-bond acceptors (Lipinski definition) is 7. The summed E-state index contributed by atoms with van der Waals surface area (Å²) in [5.41, 5.74) is 9.99. The van der Waals surface area contributed by atoms with Crippen LogP contribution in [0.5, 0.6) is 0 Å². The van der Waals surface area contributed by atoms with Gasteiger partial charge in [0.1, 0.15) is 0 Å². The van der Waals surface area contributed by atoms with Gasteiger partial charge in [0, 0.05) is 40.5 Å². The largest absolute Gasteiger partial charge is 0.432 e. The number of nitrogen functional groups attached to an aromatic ring is 1. The molecule has 0 aliphatic carbocycles. The van der Waals surface area contributed by atoms with Crippen LogP contribution in [0.1, 0.15) is 46.0 Å². The van der Waals surface area contributed by atoms with E-state index < -0.39 is 31.5 Å². The van der Waals surface area contributed by atoms with Gasteiger partial charge in [-0.05, 0) is 78.7 Å². The molecule has 3 aliphatic rings. The molecule has 1 spiro atoms. The lowest BCUT2D eigenvalue weighted by Crippen LogP contribution is -2.48. The van der Waals surface area contributed by atoms with Gasteiger partial charge in [0.15, 0.2) is 13.9 Å². The molecule has 3 aliphatic heterocycles. The minimum Gasteiger partial charge on any atom is -0.432 e. The van der Waals surface area contributed by atoms with Gasteiger partial charge in [-0.1, -0.05) is 61.5 Å². The molecule has 7 rings (SSSR count). The average Bonchev–Trinajstić information content (AvgIpc) is 3.54. The summed E-state index contributed by atoms with van der Waals surface area (Å²) in [5, 5.41) is 13.2. The molecule has 11 heteroatoms. The van der Waals surface area contributed by atoms with E-state index in [0.29, 0.717) is 41.2 Å². The molecule has 264 valence electrons. The molecule has 3 amide bonds. The number of carbonyl (C=O) groups is 3. The van der Waals surface area contributed by atoms with Crippen LogP contribution in [-0.4, -0.2) is 59.6 Å². The number of carbonyl (C=O) groups excluding carboxylic acids is 3. The molecule has 4 aromatic carbocycles. The second-order valence-corrected chi connectivity index (χ2v) is 18.6. The van der Waals surface area contributed by atoms with Crippen molar-refractivity contribution >= 4 is 43.1 Å². The number of anilines is 3. The summed E-state index contributed by atoms with van der Waals surface area (Å²) in [7, 11) is -3.01. The molecule has 0 saturated carbocycles. The number of aliphatic hydroxyl groups is 1. The van der Waals surface area contributed by atoms with Crippen LogP contribution in [0.25, 0.3) is 0 Å². The predicted molar refractivity (Wildman–Crippen MR) is 198 cm³/mol. The normalized spacial score (nSPS) is 24.1. The van der Waals surface area contributed by atoms with Crippen molar-refractivity contribution in [3.63, 3.8) is 0 Å². The fourth-order valence-electron chi connectivity index (χ4n) is 8.49. The molecule has 0 aromatic heterocycles. The van der Waals surface area contributed by atoms with Crippen LogP contribution < -0.4 is 16.0 Å². The lowest BCUT2D eigenvalue weighted by atomic mass is 9.82. The molecule has 0 unspecified atom stereocenters. The Morgan fingerprint density at radius 2 is 1.69 bits per heavy atom. The molecule has 4 aromatic rings. The maximum Gasteiger partial charge on any atom is 0.264 e. The Hall–Kier alpha value is -4.81. The number of nitrogens with one attached hydrogen (secondary N) is 1. The van der Waals surface area contributed by atoms with Gasteiger partial charge in [-0.2, -0.15) is 0 Å². The van der Waals surface area contributed by atoms with E-state index in [0.717, 1.165) is 16.7 Å². The third-order valence-electron chi connectivity index (χ3n) is 10.9. The van der Waals surface area contributed by atoms with Gasteiger partial charge in [0.05, 0.1) is 37.4 Å². The van der Waals surface area contributed by atoms with Crippen LogP contribution in [0.2, 0.25) is 18.6 Å². The van der Waals surface area contributed by atoms with Crippen molar-refractivity contribution in [2.45, 2.75) is 69.2 Å². The Morgan fingerprint density at radius 3 is 2.41 bits per heavy atom. The predicted octanol–water partition coefficient (Wildman–Crippen LogP) is 5.20. The molecule has 1 fully saturated rings. The quantitative estimate of drug-likeness (QED) is 0.146. The van der Waals surface area contributed by atoms with Gasteiger partial charge < -0.3 is 35.5 Å². The molecule has 0 bridgehead atoms. The number of benzene rings is 4. The number of fused-ring (bicyclic) bond motifs is 3. The van der Waals surface area contributed by atoms with Crippen LogP contribution in [0.3, 0.4) is 0 Å². The van der Waals surface area contributed by atoms with Crippen molar-refractivity contribution in [3.8, 4) is 0 Å². The Kier molecular flexibility index (Phi) is 9.09. The van der Waals surface area contributed by atoms with E-state index >= 15 is 0 Å². The van der Waals surface area contributed by atoms with Gasteiger partial charge in [-0.15, -0.1) is 0 Å². The van der Waals surface area contributed by atoms with Crippen LogP contribution in [0, 0.1) is 5.92 Å². The molecule has 3 heterocycles. The molecule has 10 nitrogen and oxygen atoms in total. The van der Waals surface area contributed by atoms with Crippen LogP contribution in [0.15, 0.2) is 97.1 Å². The van der Waals surface area contributed by atoms with Crippen LogP contribution in [0.4, 0.5) is 17.1 Å². The van der Waals surface area contributed by atoms with E-state index in [2.05, 4.69) is 5.32 Å². The number of para-hydroxylation sites is 1. The highest BCUT2D eigenvalue weighted by Crippen LogP contribution is 2.59. The van der Waals surface area contributed by atoms with Crippen molar-refractivity contribution in [1.29, 1.82) is 0 Å². The summed E-state index contributed by atoms with van der Waals surface area (Å²) in [6.07, 6.45) is -0.168. The van der Waals surface area contributed by atoms with Crippen molar-refractivity contribution in [2.75, 3.05) is 22.6 Å². The third-order valence-corrected chi connectivity index (χ3v) is 13.4. The summed E-state index contributed by atoms with van der Waals surface area (Å²) in [4.78, 5) is 57.0. The zero-order valence-electron chi connectivity index (χ0n) is 29.1. The summed E-state index contributed by atoms with van der Waals surface area (Å²) in [6.45, 7) is 6.08. The maximum absolute atomic E-state index is 14.8. The fourth-order valence-corrected chi connectivity index (χ4v) is 11.0. The molecular weight excluding hydrogens is 661 g/mol. The summed E-state index contributed by atoms with van der Waals surface area (Å²) in [5.74, 6) is -1.12. The van der Waals surface area contributed by atoms with Gasteiger partial charge in [-0.25, -0.2) is 0 Å². The molecule has 1 saturated heterocycles. The second-order valence-electron chi connectivity index (χ2n) is 14.6. The monoisotopic (exact) mass is 704 g/mol. The lowest BCUT2D eigenvalue weighted by molar-refractivity contribution is -0.151. The van der Waals surface area contributed by atoms with Crippen LogP contribution in [-0.2, 0) is 39.4 Å². The van der Waals surface area contributed by atoms with Crippen molar-refractivity contribution in [2.24, 2.45) is 5.92 Å². The Labute approximate surface area is 299 Å². The standard InChI is InChI=1S/C40H44N4O6Si/c1-25-37(51(2,3)49)35(21-36(46)43-23-29-11-5-4-10-28(29)20-32(43)24-45)50-40(25)33-13-6-7-14-34(33)44(39(40)48)22-26-9-8-12-31(19-26)42-38(47)27-15-17-30(41)18-16-27/h4-19,25,32,35,37,45,49H,20-24,41H2,1-3H3,(H,42,47)/t25-,32-,35+,37-,40+/m0/s1. The van der Waals surface area contributed by atoms with Gasteiger partial charge in [0.2, 0.25) is 5.91 Å². The lowest BCUT2D eigenvalue weighted by Gasteiger charge is -2.37. The number of rotatable bonds is 8. The SMILES string of the molecule is C[C@H]1[C@H]([Si](C)(C)O)[C@@H](CC(=O)N2Cc3ccccc3C[C@H]2CO)O[C@]12C(=O)N(Cc1cccc(NC(=O)c3ccc(N)cc3)c1)c1ccccc12. The zero-order chi connectivity index (χ0) is 36.1. The second kappa shape index (κ2) is 13.4. The smallest absolute Gasteiger partial charge is 0.264 e. The molecule has 0 radical (unpaired) electrons. The molecule has 5 N–H and O–H groups in total. The molecule has 51 heavy (non-hydrogen) atoms. The first-order valence-electron chi connectivity index (χ1n) is 17.4. The topological polar surface area (TPSA) is 145 Å². The summed E-state index contributed by atoms with van der Waals surface area (Å²) >= 11 is 0. The summed E-state index contributed by atoms with van der Waals surface area (Å²) in [6, 6.07) is 29.2. The maximum atomic E-state index is 14.8. The van der Waals surface area contributed by atoms with Gasteiger partial charge in [0.25, 0.3) is 11.8 Å². The Morgan fingerprint density at radius 1 is 0.980 bits per heavy atom. The minimum atomic E-state index is -3.01. The number of amides is 3. The molecular formula is C40H44N4O6Si. The third kappa shape index (κ3) is 6.24. The zero-order valence-corrected chi connectivity index (χ0v) is 30.1. The van der Waals surface area contributed by atoms with E-state index in [-0.39, 0.29) is 43.3 Å². The van der Waals surface area contributed by atoms with E-state index in [4.69, 9.17) is 10.5 Å². The Balaban J connectivity index is 1.16. The van der Waals surface area contributed by atoms with Crippen LogP contribution >= 0.6 is 0 Å². The summed E-state index contributed by atoms with van der Waals surface area (Å²) < 4.78 is 6.91. The van der Waals surface area contributed by atoms with E-state index in [1.54, 1.807) is 40.1 Å². The van der Waals surface area contributed by atoms with Crippen molar-refractivity contribution < 1.29 is 29.0 Å². The van der Waals surface area contributed by atoms with Gasteiger partial charge >= 0.3 is 0 Å². The fraction of sp³-hybridized carbons (Fsp3) is 0.325. The Bertz CT molecular complexity index is 1980. The van der Waals surface area contributed by atoms with Crippen molar-refractivity contribution in [1.82, 2.24) is 4.90 Å². The number of hydrogen-bond donors (Lipinski definition) is 4. The highest BCUT2D eigenvalue weighted by Gasteiger charge is 2.66. The average molecular weight is 705 g/mol. The number of aliphatic hydroxyl groups excluding tert-OH is 1. The molecule has 5 atom stereocenters. The van der Waals surface area contributed by atoms with E-state index in [1.807, 2.05) is 86.7 Å². The highest BCUT2D eigenvalue weighted by molar-refractivity contribution is 6.71. The van der Waals surface area contributed by atoms with E-state index in [9.17, 15) is 24.3 Å². The first-order chi connectivity index (χ1) is 24.4.